The van der Waals surface area contributed by atoms with Crippen LogP contribution in [0.1, 0.15) is 24.5 Å². The largest absolute Gasteiger partial charge is 0.484 e. The van der Waals surface area contributed by atoms with Gasteiger partial charge in [-0.25, -0.2) is 4.98 Å². The first kappa shape index (κ1) is 13.4. The third kappa shape index (κ3) is 2.97. The molecule has 1 aromatic heterocycles. The highest BCUT2D eigenvalue weighted by molar-refractivity contribution is 5.53. The zero-order valence-corrected chi connectivity index (χ0v) is 12.1. The average molecular weight is 279 g/mol. The quantitative estimate of drug-likeness (QED) is 0.688. The van der Waals surface area contributed by atoms with Gasteiger partial charge in [-0.2, -0.15) is 0 Å². The summed E-state index contributed by atoms with van der Waals surface area (Å²) in [6.45, 7) is 3.90. The number of rotatable bonds is 4. The third-order valence-electron chi connectivity index (χ3n) is 3.29. The summed E-state index contributed by atoms with van der Waals surface area (Å²) in [5, 5.41) is 0. The van der Waals surface area contributed by atoms with Crippen molar-refractivity contribution in [1.29, 1.82) is 0 Å². The molecule has 1 unspecified atom stereocenters. The molecule has 2 aromatic carbocycles. The molecule has 1 heterocycles. The van der Waals surface area contributed by atoms with Crippen LogP contribution < -0.4 is 4.74 Å². The number of hydrogen-bond acceptors (Lipinski definition) is 3. The lowest BCUT2D eigenvalue weighted by Crippen LogP contribution is -2.04. The molecule has 3 nitrogen and oxygen atoms in total. The van der Waals surface area contributed by atoms with Gasteiger partial charge < -0.3 is 9.15 Å². The van der Waals surface area contributed by atoms with Gasteiger partial charge in [-0.1, -0.05) is 36.4 Å². The number of para-hydroxylation sites is 1. The van der Waals surface area contributed by atoms with Gasteiger partial charge in [0.25, 0.3) is 0 Å². The topological polar surface area (TPSA) is 35.3 Å². The minimum atomic E-state index is -0.159. The van der Waals surface area contributed by atoms with E-state index in [-0.39, 0.29) is 6.10 Å². The van der Waals surface area contributed by atoms with Gasteiger partial charge in [-0.15, -0.1) is 0 Å². The third-order valence-corrected chi connectivity index (χ3v) is 3.29. The van der Waals surface area contributed by atoms with Crippen LogP contribution in [0.25, 0.3) is 11.5 Å². The van der Waals surface area contributed by atoms with Gasteiger partial charge in [-0.05, 0) is 38.1 Å². The van der Waals surface area contributed by atoms with E-state index in [9.17, 15) is 0 Å². The van der Waals surface area contributed by atoms with Gasteiger partial charge in [0.05, 0.1) is 0 Å². The molecule has 0 aliphatic heterocycles. The van der Waals surface area contributed by atoms with Crippen molar-refractivity contribution in [3.63, 3.8) is 0 Å². The first-order valence-electron chi connectivity index (χ1n) is 6.98. The Balaban J connectivity index is 1.84. The van der Waals surface area contributed by atoms with Crippen LogP contribution in [0, 0.1) is 6.92 Å². The van der Waals surface area contributed by atoms with E-state index in [2.05, 4.69) is 4.98 Å². The van der Waals surface area contributed by atoms with Crippen LogP contribution >= 0.6 is 0 Å². The molecule has 0 saturated heterocycles. The van der Waals surface area contributed by atoms with Gasteiger partial charge in [0.2, 0.25) is 5.89 Å². The van der Waals surface area contributed by atoms with Crippen LogP contribution in [0.5, 0.6) is 5.75 Å². The summed E-state index contributed by atoms with van der Waals surface area (Å²) in [5.41, 5.74) is 1.80. The SMILES string of the molecule is Cc1oc(-c2ccccc2)nc1C(C)Oc1ccccc1. The molecule has 0 N–H and O–H groups in total. The predicted octanol–water partition coefficient (Wildman–Crippen LogP) is 4.79. The monoisotopic (exact) mass is 279 g/mol. The Morgan fingerprint density at radius 2 is 1.57 bits per heavy atom. The summed E-state index contributed by atoms with van der Waals surface area (Å²) in [6.07, 6.45) is -0.159. The maximum atomic E-state index is 5.91. The van der Waals surface area contributed by atoms with Crippen molar-refractivity contribution in [2.45, 2.75) is 20.0 Å². The molecule has 0 aliphatic carbocycles. The van der Waals surface area contributed by atoms with E-state index in [0.29, 0.717) is 5.89 Å². The second kappa shape index (κ2) is 5.83. The summed E-state index contributed by atoms with van der Waals surface area (Å²) in [7, 11) is 0. The summed E-state index contributed by atoms with van der Waals surface area (Å²) >= 11 is 0. The number of aromatic nitrogens is 1. The number of oxazole rings is 1. The normalized spacial score (nSPS) is 12.1. The molecule has 0 spiro atoms. The highest BCUT2D eigenvalue weighted by Crippen LogP contribution is 2.27. The molecule has 0 bridgehead atoms. The average Bonchev–Trinajstić information content (AvgIpc) is 2.91. The van der Waals surface area contributed by atoms with Crippen molar-refractivity contribution in [3.05, 3.63) is 72.1 Å². The van der Waals surface area contributed by atoms with Crippen molar-refractivity contribution >= 4 is 0 Å². The number of aryl methyl sites for hydroxylation is 1. The Hall–Kier alpha value is -2.55. The Morgan fingerprint density at radius 3 is 2.24 bits per heavy atom. The lowest BCUT2D eigenvalue weighted by atomic mass is 10.2. The lowest BCUT2D eigenvalue weighted by Gasteiger charge is -2.12. The zero-order valence-electron chi connectivity index (χ0n) is 12.1. The smallest absolute Gasteiger partial charge is 0.226 e. The molecular weight excluding hydrogens is 262 g/mol. The van der Waals surface area contributed by atoms with Gasteiger partial charge in [-0.3, -0.25) is 0 Å². The Morgan fingerprint density at radius 1 is 0.952 bits per heavy atom. The number of hydrogen-bond donors (Lipinski definition) is 0. The predicted molar refractivity (Wildman–Crippen MR) is 82.2 cm³/mol. The maximum Gasteiger partial charge on any atom is 0.226 e. The molecule has 3 heteroatoms. The van der Waals surface area contributed by atoms with Crippen LogP contribution in [0.4, 0.5) is 0 Å². The first-order chi connectivity index (χ1) is 10.2. The minimum Gasteiger partial charge on any atom is -0.484 e. The van der Waals surface area contributed by atoms with Gasteiger partial charge in [0.1, 0.15) is 23.3 Å². The summed E-state index contributed by atoms with van der Waals surface area (Å²) in [6, 6.07) is 19.6. The maximum absolute atomic E-state index is 5.91. The highest BCUT2D eigenvalue weighted by atomic mass is 16.5. The van der Waals surface area contributed by atoms with E-state index >= 15 is 0 Å². The van der Waals surface area contributed by atoms with Crippen LogP contribution in [-0.4, -0.2) is 4.98 Å². The minimum absolute atomic E-state index is 0.159. The Labute approximate surface area is 124 Å². The van der Waals surface area contributed by atoms with Crippen molar-refractivity contribution in [2.24, 2.45) is 0 Å². The van der Waals surface area contributed by atoms with Crippen LogP contribution in [0.2, 0.25) is 0 Å². The first-order valence-corrected chi connectivity index (χ1v) is 6.98. The fraction of sp³-hybridized carbons (Fsp3) is 0.167. The Bertz CT molecular complexity index is 705. The molecule has 1 atom stereocenters. The number of benzene rings is 2. The van der Waals surface area contributed by atoms with Crippen LogP contribution in [0.15, 0.2) is 65.1 Å². The van der Waals surface area contributed by atoms with E-state index in [0.717, 1.165) is 22.8 Å². The van der Waals surface area contributed by atoms with Crippen molar-refractivity contribution in [1.82, 2.24) is 4.98 Å². The number of nitrogens with zero attached hydrogens (tertiary/aromatic N) is 1. The van der Waals surface area contributed by atoms with Crippen molar-refractivity contribution in [2.75, 3.05) is 0 Å². The van der Waals surface area contributed by atoms with Crippen LogP contribution in [0.3, 0.4) is 0 Å². The zero-order chi connectivity index (χ0) is 14.7. The van der Waals surface area contributed by atoms with Gasteiger partial charge in [0.15, 0.2) is 0 Å². The molecule has 3 aromatic rings. The molecule has 106 valence electrons. The van der Waals surface area contributed by atoms with Gasteiger partial charge in [0, 0.05) is 5.56 Å². The van der Waals surface area contributed by atoms with Crippen molar-refractivity contribution < 1.29 is 9.15 Å². The summed E-state index contributed by atoms with van der Waals surface area (Å²) in [5.74, 6) is 2.25. The standard InChI is InChI=1S/C18H17NO2/c1-13(20-16-11-7-4-8-12-16)17-14(2)21-18(19-17)15-9-5-3-6-10-15/h3-13H,1-2H3. The molecule has 0 fully saturated rings. The molecule has 3 rings (SSSR count). The fourth-order valence-corrected chi connectivity index (χ4v) is 2.25. The van der Waals surface area contributed by atoms with E-state index in [1.54, 1.807) is 0 Å². The van der Waals surface area contributed by atoms with E-state index in [1.807, 2.05) is 74.5 Å². The summed E-state index contributed by atoms with van der Waals surface area (Å²) < 4.78 is 11.7. The van der Waals surface area contributed by atoms with E-state index in [1.165, 1.54) is 0 Å². The van der Waals surface area contributed by atoms with E-state index < -0.39 is 0 Å². The molecule has 0 amide bonds. The summed E-state index contributed by atoms with van der Waals surface area (Å²) in [4.78, 5) is 4.58. The number of ether oxygens (including phenoxy) is 1. The molecule has 0 radical (unpaired) electrons. The molecule has 21 heavy (non-hydrogen) atoms. The fourth-order valence-electron chi connectivity index (χ4n) is 2.25. The highest BCUT2D eigenvalue weighted by Gasteiger charge is 2.18. The van der Waals surface area contributed by atoms with Gasteiger partial charge >= 0.3 is 0 Å². The second-order valence-electron chi connectivity index (χ2n) is 4.90. The molecule has 0 saturated carbocycles. The lowest BCUT2D eigenvalue weighted by molar-refractivity contribution is 0.220. The van der Waals surface area contributed by atoms with Crippen LogP contribution in [-0.2, 0) is 0 Å². The molecular formula is C18H17NO2. The van der Waals surface area contributed by atoms with Crippen molar-refractivity contribution in [3.8, 4) is 17.2 Å². The van der Waals surface area contributed by atoms with E-state index in [4.69, 9.17) is 9.15 Å². The second-order valence-corrected chi connectivity index (χ2v) is 4.90. The molecule has 0 aliphatic rings. The Kier molecular flexibility index (Phi) is 3.73.